The summed E-state index contributed by atoms with van der Waals surface area (Å²) in [4.78, 5) is 21.9. The molecule has 6 heteroatoms. The number of aromatic nitrogens is 1. The summed E-state index contributed by atoms with van der Waals surface area (Å²) in [7, 11) is 1.64. The summed E-state index contributed by atoms with van der Waals surface area (Å²) in [6.45, 7) is 6.59. The van der Waals surface area contributed by atoms with Gasteiger partial charge in [0.15, 0.2) is 0 Å². The van der Waals surface area contributed by atoms with E-state index in [9.17, 15) is 4.79 Å². The molecule has 2 aromatic carbocycles. The van der Waals surface area contributed by atoms with E-state index in [-0.39, 0.29) is 5.97 Å². The molecule has 0 radical (unpaired) electrons. The number of ether oxygens (including phenoxy) is 2. The highest BCUT2D eigenvalue weighted by Crippen LogP contribution is 2.33. The number of rotatable bonds is 6. The second-order valence-electron chi connectivity index (χ2n) is 7.37. The first-order valence-electron chi connectivity index (χ1n) is 10.3. The SMILES string of the molecule is CCOC(=O)c1cnc2ccc(OC)cc2c1N1CCN(Cc2ccccc2)CC1. The van der Waals surface area contributed by atoms with Crippen LogP contribution in [-0.4, -0.2) is 55.7 Å². The van der Waals surface area contributed by atoms with Gasteiger partial charge in [0.1, 0.15) is 11.3 Å². The predicted molar refractivity (Wildman–Crippen MR) is 118 cm³/mol. The Balaban J connectivity index is 1.63. The molecule has 0 saturated carbocycles. The first-order chi connectivity index (χ1) is 14.7. The van der Waals surface area contributed by atoms with Gasteiger partial charge in [0, 0.05) is 44.3 Å². The van der Waals surface area contributed by atoms with Crippen molar-refractivity contribution in [3.63, 3.8) is 0 Å². The van der Waals surface area contributed by atoms with Gasteiger partial charge < -0.3 is 14.4 Å². The number of piperazine rings is 1. The normalized spacial score (nSPS) is 14.7. The summed E-state index contributed by atoms with van der Waals surface area (Å²) >= 11 is 0. The Morgan fingerprint density at radius 2 is 1.83 bits per heavy atom. The lowest BCUT2D eigenvalue weighted by atomic mass is 10.1. The first-order valence-corrected chi connectivity index (χ1v) is 10.3. The molecule has 0 atom stereocenters. The number of nitrogens with zero attached hydrogens (tertiary/aromatic N) is 3. The molecule has 0 N–H and O–H groups in total. The third kappa shape index (κ3) is 4.24. The van der Waals surface area contributed by atoms with Crippen LogP contribution in [0.2, 0.25) is 0 Å². The number of pyridine rings is 1. The molecule has 0 aliphatic carbocycles. The molecule has 0 spiro atoms. The number of anilines is 1. The average molecular weight is 405 g/mol. The third-order valence-corrected chi connectivity index (χ3v) is 5.48. The van der Waals surface area contributed by atoms with Gasteiger partial charge in [-0.1, -0.05) is 30.3 Å². The number of methoxy groups -OCH3 is 1. The molecule has 3 aromatic rings. The highest BCUT2D eigenvalue weighted by Gasteiger charge is 2.25. The van der Waals surface area contributed by atoms with E-state index in [1.165, 1.54) is 5.56 Å². The zero-order valence-corrected chi connectivity index (χ0v) is 17.5. The Morgan fingerprint density at radius 3 is 2.53 bits per heavy atom. The molecule has 2 heterocycles. The van der Waals surface area contributed by atoms with Crippen LogP contribution >= 0.6 is 0 Å². The summed E-state index contributed by atoms with van der Waals surface area (Å²) in [6.07, 6.45) is 1.64. The molecule has 30 heavy (non-hydrogen) atoms. The van der Waals surface area contributed by atoms with Crippen LogP contribution in [0.25, 0.3) is 10.9 Å². The van der Waals surface area contributed by atoms with E-state index in [0.717, 1.165) is 55.1 Å². The van der Waals surface area contributed by atoms with Crippen molar-refractivity contribution < 1.29 is 14.3 Å². The van der Waals surface area contributed by atoms with Gasteiger partial charge in [-0.15, -0.1) is 0 Å². The van der Waals surface area contributed by atoms with Gasteiger partial charge in [-0.05, 0) is 30.7 Å². The van der Waals surface area contributed by atoms with Crippen LogP contribution in [0.1, 0.15) is 22.8 Å². The molecule has 1 aliphatic rings. The van der Waals surface area contributed by atoms with E-state index >= 15 is 0 Å². The standard InChI is InChI=1S/C24H27N3O3/c1-3-30-24(28)21-16-25-22-10-9-19(29-2)15-20(22)23(21)27-13-11-26(12-14-27)17-18-7-5-4-6-8-18/h4-10,15-16H,3,11-14,17H2,1-2H3. The highest BCUT2D eigenvalue weighted by molar-refractivity contribution is 6.05. The summed E-state index contributed by atoms with van der Waals surface area (Å²) < 4.78 is 10.7. The second kappa shape index (κ2) is 9.13. The minimum Gasteiger partial charge on any atom is -0.497 e. The van der Waals surface area contributed by atoms with E-state index in [0.29, 0.717) is 12.2 Å². The summed E-state index contributed by atoms with van der Waals surface area (Å²) in [5.74, 6) is 0.408. The number of esters is 1. The quantitative estimate of drug-likeness (QED) is 0.583. The van der Waals surface area contributed by atoms with Gasteiger partial charge >= 0.3 is 5.97 Å². The van der Waals surface area contributed by atoms with Gasteiger partial charge in [0.25, 0.3) is 0 Å². The van der Waals surface area contributed by atoms with Crippen molar-refractivity contribution in [2.75, 3.05) is 44.8 Å². The summed E-state index contributed by atoms with van der Waals surface area (Å²) in [5, 5.41) is 0.913. The fourth-order valence-electron chi connectivity index (χ4n) is 3.95. The van der Waals surface area contributed by atoms with E-state index < -0.39 is 0 Å². The molecule has 0 bridgehead atoms. The van der Waals surface area contributed by atoms with Crippen molar-refractivity contribution in [1.29, 1.82) is 0 Å². The maximum absolute atomic E-state index is 12.7. The van der Waals surface area contributed by atoms with Gasteiger partial charge in [0.2, 0.25) is 0 Å². The molecule has 4 rings (SSSR count). The van der Waals surface area contributed by atoms with Crippen LogP contribution in [-0.2, 0) is 11.3 Å². The number of benzene rings is 2. The number of carbonyl (C=O) groups excluding carboxylic acids is 1. The fraction of sp³-hybridized carbons (Fsp3) is 0.333. The van der Waals surface area contributed by atoms with Gasteiger partial charge in [-0.25, -0.2) is 4.79 Å². The largest absolute Gasteiger partial charge is 0.497 e. The van der Waals surface area contributed by atoms with Crippen molar-refractivity contribution in [3.8, 4) is 5.75 Å². The Bertz CT molecular complexity index is 1010. The lowest BCUT2D eigenvalue weighted by molar-refractivity contribution is 0.0526. The Morgan fingerprint density at radius 1 is 1.07 bits per heavy atom. The molecule has 6 nitrogen and oxygen atoms in total. The van der Waals surface area contributed by atoms with Crippen molar-refractivity contribution in [2.45, 2.75) is 13.5 Å². The predicted octanol–water partition coefficient (Wildman–Crippen LogP) is 3.74. The topological polar surface area (TPSA) is 54.9 Å². The van der Waals surface area contributed by atoms with Crippen LogP contribution < -0.4 is 9.64 Å². The monoisotopic (exact) mass is 405 g/mol. The minimum atomic E-state index is -0.337. The molecule has 156 valence electrons. The molecular weight excluding hydrogens is 378 g/mol. The Labute approximate surface area is 177 Å². The second-order valence-corrected chi connectivity index (χ2v) is 7.37. The minimum absolute atomic E-state index is 0.333. The number of hydrogen-bond donors (Lipinski definition) is 0. The van der Waals surface area contributed by atoms with E-state index in [4.69, 9.17) is 9.47 Å². The molecular formula is C24H27N3O3. The Kier molecular flexibility index (Phi) is 6.14. The fourth-order valence-corrected chi connectivity index (χ4v) is 3.95. The molecule has 1 aliphatic heterocycles. The van der Waals surface area contributed by atoms with Crippen LogP contribution in [0.15, 0.2) is 54.7 Å². The number of hydrogen-bond acceptors (Lipinski definition) is 6. The molecule has 1 saturated heterocycles. The van der Waals surface area contributed by atoms with Crippen LogP contribution in [0.5, 0.6) is 5.75 Å². The van der Waals surface area contributed by atoms with Gasteiger partial charge in [0.05, 0.1) is 24.9 Å². The lowest BCUT2D eigenvalue weighted by Crippen LogP contribution is -2.46. The van der Waals surface area contributed by atoms with E-state index in [1.54, 1.807) is 13.3 Å². The molecule has 1 fully saturated rings. The van der Waals surface area contributed by atoms with E-state index in [1.807, 2.05) is 31.2 Å². The smallest absolute Gasteiger partial charge is 0.341 e. The summed E-state index contributed by atoms with van der Waals surface area (Å²) in [6, 6.07) is 16.3. The average Bonchev–Trinajstić information content (AvgIpc) is 2.79. The number of fused-ring (bicyclic) bond motifs is 1. The van der Waals surface area contributed by atoms with Gasteiger partial charge in [-0.3, -0.25) is 9.88 Å². The zero-order chi connectivity index (χ0) is 20.9. The molecule has 0 amide bonds. The third-order valence-electron chi connectivity index (χ3n) is 5.48. The molecule has 1 aromatic heterocycles. The van der Waals surface area contributed by atoms with E-state index in [2.05, 4.69) is 39.0 Å². The van der Waals surface area contributed by atoms with Crippen LogP contribution in [0.3, 0.4) is 0 Å². The van der Waals surface area contributed by atoms with Crippen LogP contribution in [0.4, 0.5) is 5.69 Å². The maximum atomic E-state index is 12.7. The van der Waals surface area contributed by atoms with Crippen molar-refractivity contribution in [3.05, 3.63) is 65.9 Å². The molecule has 0 unspecified atom stereocenters. The Hall–Kier alpha value is -3.12. The van der Waals surface area contributed by atoms with Gasteiger partial charge in [-0.2, -0.15) is 0 Å². The first kappa shape index (κ1) is 20.2. The number of carbonyl (C=O) groups is 1. The van der Waals surface area contributed by atoms with Crippen LogP contribution in [0, 0.1) is 0 Å². The van der Waals surface area contributed by atoms with Crippen molar-refractivity contribution in [1.82, 2.24) is 9.88 Å². The highest BCUT2D eigenvalue weighted by atomic mass is 16.5. The van der Waals surface area contributed by atoms with Crippen molar-refractivity contribution >= 4 is 22.6 Å². The van der Waals surface area contributed by atoms with Crippen molar-refractivity contribution in [2.24, 2.45) is 0 Å². The maximum Gasteiger partial charge on any atom is 0.341 e. The summed E-state index contributed by atoms with van der Waals surface area (Å²) in [5.41, 5.74) is 3.55. The zero-order valence-electron chi connectivity index (χ0n) is 17.5. The lowest BCUT2D eigenvalue weighted by Gasteiger charge is -2.37.